The Morgan fingerprint density at radius 1 is 1.00 bits per heavy atom. The van der Waals surface area contributed by atoms with E-state index in [2.05, 4.69) is 66.6 Å². The van der Waals surface area contributed by atoms with Gasteiger partial charge in [0, 0.05) is 11.3 Å². The molecular formula is C33H32N2O3S. The SMILES string of the molecule is C=CCc1cc(/C=C2\S[C@@H](Nc3ccc(CC)cc3)NC2=O)cc(OC)c1OCc1ccc2ccccc2c1. The standard InChI is InChI=1S/C33H32N2O3S/c1-4-8-27-18-24(20-30-32(36)35-33(39-30)34-28-15-12-22(5-2)13-16-28)19-29(37-3)31(27)38-21-23-11-14-25-9-6-7-10-26(25)17-23/h4,6-7,9-20,33-34H,1,5,8,21H2,2-3H3,(H,35,36)/b30-20-/t33-/m0/s1. The lowest BCUT2D eigenvalue weighted by atomic mass is 10.0. The number of hydrogen-bond donors (Lipinski definition) is 2. The summed E-state index contributed by atoms with van der Waals surface area (Å²) in [6, 6.07) is 26.8. The number of benzene rings is 4. The van der Waals surface area contributed by atoms with Crippen LogP contribution in [0.15, 0.2) is 96.4 Å². The minimum absolute atomic E-state index is 0.108. The summed E-state index contributed by atoms with van der Waals surface area (Å²) in [5, 5.41) is 8.76. The summed E-state index contributed by atoms with van der Waals surface area (Å²) in [5.74, 6) is 1.20. The molecule has 0 bridgehead atoms. The van der Waals surface area contributed by atoms with Crippen molar-refractivity contribution in [2.45, 2.75) is 31.9 Å². The van der Waals surface area contributed by atoms with Crippen LogP contribution in [0.3, 0.4) is 0 Å². The molecular weight excluding hydrogens is 504 g/mol. The van der Waals surface area contributed by atoms with Gasteiger partial charge >= 0.3 is 0 Å². The highest BCUT2D eigenvalue weighted by molar-refractivity contribution is 8.05. The molecule has 1 heterocycles. The highest BCUT2D eigenvalue weighted by Crippen LogP contribution is 2.37. The summed E-state index contributed by atoms with van der Waals surface area (Å²) >= 11 is 1.46. The first-order chi connectivity index (χ1) is 19.1. The summed E-state index contributed by atoms with van der Waals surface area (Å²) in [7, 11) is 1.63. The summed E-state index contributed by atoms with van der Waals surface area (Å²) in [6.45, 7) is 6.47. The van der Waals surface area contributed by atoms with E-state index in [0.29, 0.717) is 29.4 Å². The summed E-state index contributed by atoms with van der Waals surface area (Å²) in [6.07, 6.45) is 5.34. The maximum Gasteiger partial charge on any atom is 0.260 e. The third-order valence-electron chi connectivity index (χ3n) is 6.62. The third-order valence-corrected chi connectivity index (χ3v) is 7.65. The van der Waals surface area contributed by atoms with Crippen molar-refractivity contribution in [2.75, 3.05) is 12.4 Å². The van der Waals surface area contributed by atoms with Gasteiger partial charge in [-0.05, 0) is 76.7 Å². The number of aryl methyl sites for hydroxylation is 1. The fourth-order valence-corrected chi connectivity index (χ4v) is 5.56. The van der Waals surface area contributed by atoms with Crippen LogP contribution in [0.1, 0.15) is 29.2 Å². The quantitative estimate of drug-likeness (QED) is 0.164. The smallest absolute Gasteiger partial charge is 0.260 e. The summed E-state index contributed by atoms with van der Waals surface area (Å²) in [5.41, 5.74) is 4.90. The Morgan fingerprint density at radius 2 is 1.77 bits per heavy atom. The third kappa shape index (κ3) is 6.29. The molecule has 1 atom stereocenters. The molecule has 0 spiro atoms. The Balaban J connectivity index is 1.34. The monoisotopic (exact) mass is 536 g/mol. The number of nitrogens with one attached hydrogen (secondary N) is 2. The van der Waals surface area contributed by atoms with Crippen LogP contribution in [-0.2, 0) is 24.2 Å². The molecule has 1 saturated heterocycles. The van der Waals surface area contributed by atoms with Crippen LogP contribution in [0.25, 0.3) is 16.8 Å². The first-order valence-corrected chi connectivity index (χ1v) is 13.9. The maximum absolute atomic E-state index is 12.8. The van der Waals surface area contributed by atoms with Crippen molar-refractivity contribution in [1.29, 1.82) is 0 Å². The maximum atomic E-state index is 12.8. The number of carbonyl (C=O) groups is 1. The van der Waals surface area contributed by atoms with Gasteiger partial charge in [-0.2, -0.15) is 0 Å². The molecule has 1 aliphatic heterocycles. The van der Waals surface area contributed by atoms with E-state index in [4.69, 9.17) is 9.47 Å². The van der Waals surface area contributed by atoms with Gasteiger partial charge in [-0.15, -0.1) is 6.58 Å². The van der Waals surface area contributed by atoms with Gasteiger partial charge in [0.25, 0.3) is 5.91 Å². The molecule has 2 N–H and O–H groups in total. The molecule has 1 aliphatic rings. The van der Waals surface area contributed by atoms with Crippen LogP contribution in [0.4, 0.5) is 5.69 Å². The fourth-order valence-electron chi connectivity index (χ4n) is 4.58. The molecule has 0 unspecified atom stereocenters. The van der Waals surface area contributed by atoms with Gasteiger partial charge < -0.3 is 20.1 Å². The normalized spacial score (nSPS) is 15.8. The zero-order chi connectivity index (χ0) is 27.2. The molecule has 0 saturated carbocycles. The predicted octanol–water partition coefficient (Wildman–Crippen LogP) is 7.32. The topological polar surface area (TPSA) is 59.6 Å². The van der Waals surface area contributed by atoms with Gasteiger partial charge in [0.1, 0.15) is 6.61 Å². The van der Waals surface area contributed by atoms with Crippen LogP contribution < -0.4 is 20.1 Å². The molecule has 0 aliphatic carbocycles. The number of ether oxygens (including phenoxy) is 2. The molecule has 1 amide bonds. The Hall–Kier alpha value is -4.16. The van der Waals surface area contributed by atoms with E-state index in [1.54, 1.807) is 7.11 Å². The first-order valence-electron chi connectivity index (χ1n) is 13.0. The highest BCUT2D eigenvalue weighted by atomic mass is 32.2. The van der Waals surface area contributed by atoms with Crippen LogP contribution >= 0.6 is 11.8 Å². The fraction of sp³-hybridized carbons (Fsp3) is 0.182. The lowest BCUT2D eigenvalue weighted by Gasteiger charge is -2.16. The number of amides is 1. The molecule has 1 fully saturated rings. The second kappa shape index (κ2) is 12.1. The molecule has 198 valence electrons. The Kier molecular flexibility index (Phi) is 8.23. The number of hydrogen-bond acceptors (Lipinski definition) is 5. The van der Waals surface area contributed by atoms with Gasteiger partial charge in [0.15, 0.2) is 17.0 Å². The first kappa shape index (κ1) is 26.4. The number of methoxy groups -OCH3 is 1. The molecule has 0 radical (unpaired) electrons. The molecule has 4 aromatic rings. The molecule has 0 aromatic heterocycles. The van der Waals surface area contributed by atoms with Crippen molar-refractivity contribution in [2.24, 2.45) is 0 Å². The van der Waals surface area contributed by atoms with Gasteiger partial charge in [-0.3, -0.25) is 4.79 Å². The minimum atomic E-state index is -0.240. The molecule has 5 nitrogen and oxygen atoms in total. The Labute approximate surface area is 233 Å². The Bertz CT molecular complexity index is 1530. The number of thioether (sulfide) groups is 1. The van der Waals surface area contributed by atoms with E-state index in [1.165, 1.54) is 28.1 Å². The van der Waals surface area contributed by atoms with E-state index < -0.39 is 0 Å². The number of carbonyl (C=O) groups excluding carboxylic acids is 1. The average molecular weight is 537 g/mol. The van der Waals surface area contributed by atoms with Crippen molar-refractivity contribution < 1.29 is 14.3 Å². The molecule has 39 heavy (non-hydrogen) atoms. The minimum Gasteiger partial charge on any atom is -0.493 e. The molecule has 4 aromatic carbocycles. The second-order valence-corrected chi connectivity index (χ2v) is 10.5. The number of anilines is 1. The predicted molar refractivity (Wildman–Crippen MR) is 162 cm³/mol. The van der Waals surface area contributed by atoms with Gasteiger partial charge in [0.05, 0.1) is 12.0 Å². The van der Waals surface area contributed by atoms with E-state index >= 15 is 0 Å². The number of rotatable bonds is 10. The number of fused-ring (bicyclic) bond motifs is 1. The van der Waals surface area contributed by atoms with Crippen molar-refractivity contribution in [3.63, 3.8) is 0 Å². The summed E-state index contributed by atoms with van der Waals surface area (Å²) in [4.78, 5) is 13.4. The average Bonchev–Trinajstić information content (AvgIpc) is 3.30. The van der Waals surface area contributed by atoms with E-state index in [0.717, 1.165) is 28.8 Å². The van der Waals surface area contributed by atoms with Crippen LogP contribution in [0.2, 0.25) is 0 Å². The second-order valence-electron chi connectivity index (χ2n) is 9.35. The van der Waals surface area contributed by atoms with Crippen molar-refractivity contribution in [3.8, 4) is 11.5 Å². The van der Waals surface area contributed by atoms with Crippen molar-refractivity contribution in [3.05, 3.63) is 119 Å². The Morgan fingerprint density at radius 3 is 2.51 bits per heavy atom. The van der Waals surface area contributed by atoms with Gasteiger partial charge in [-0.25, -0.2) is 0 Å². The molecule has 6 heteroatoms. The van der Waals surface area contributed by atoms with E-state index in [-0.39, 0.29) is 11.4 Å². The number of allylic oxidation sites excluding steroid dienone is 1. The summed E-state index contributed by atoms with van der Waals surface area (Å²) < 4.78 is 12.0. The highest BCUT2D eigenvalue weighted by Gasteiger charge is 2.27. The lowest BCUT2D eigenvalue weighted by Crippen LogP contribution is -2.30. The lowest BCUT2D eigenvalue weighted by molar-refractivity contribution is -0.116. The van der Waals surface area contributed by atoms with Crippen molar-refractivity contribution >= 4 is 40.2 Å². The largest absolute Gasteiger partial charge is 0.493 e. The van der Waals surface area contributed by atoms with E-state index in [9.17, 15) is 4.79 Å². The van der Waals surface area contributed by atoms with E-state index in [1.807, 2.05) is 48.6 Å². The van der Waals surface area contributed by atoms with Crippen molar-refractivity contribution in [1.82, 2.24) is 5.32 Å². The zero-order valence-corrected chi connectivity index (χ0v) is 23.0. The van der Waals surface area contributed by atoms with Crippen LogP contribution in [0.5, 0.6) is 11.5 Å². The van der Waals surface area contributed by atoms with Gasteiger partial charge in [-0.1, -0.05) is 73.3 Å². The van der Waals surface area contributed by atoms with Crippen LogP contribution in [-0.4, -0.2) is 18.5 Å². The zero-order valence-electron chi connectivity index (χ0n) is 22.2. The van der Waals surface area contributed by atoms with Gasteiger partial charge in [0.2, 0.25) is 0 Å². The molecule has 5 rings (SSSR count). The van der Waals surface area contributed by atoms with Crippen LogP contribution in [0, 0.1) is 0 Å².